The van der Waals surface area contributed by atoms with Crippen molar-refractivity contribution in [1.82, 2.24) is 4.31 Å². The van der Waals surface area contributed by atoms with Gasteiger partial charge in [0.15, 0.2) is 0 Å². The molecule has 17 heavy (non-hydrogen) atoms. The summed E-state index contributed by atoms with van der Waals surface area (Å²) in [5.74, 6) is 0. The third-order valence-corrected chi connectivity index (χ3v) is 6.03. The van der Waals surface area contributed by atoms with Crippen molar-refractivity contribution in [2.75, 3.05) is 13.1 Å². The first-order valence-electron chi connectivity index (χ1n) is 6.18. The normalized spacial score (nSPS) is 23.8. The van der Waals surface area contributed by atoms with Crippen molar-refractivity contribution in [1.29, 1.82) is 0 Å². The van der Waals surface area contributed by atoms with Gasteiger partial charge in [-0.2, -0.15) is 4.31 Å². The Morgan fingerprint density at radius 2 is 1.53 bits per heavy atom. The molecule has 2 fully saturated rings. The second kappa shape index (κ2) is 3.82. The summed E-state index contributed by atoms with van der Waals surface area (Å²) in [6.45, 7) is 1.38. The second-order valence-electron chi connectivity index (χ2n) is 5.22. The smallest absolute Gasteiger partial charge is 0.207 e. The molecule has 4 heteroatoms. The van der Waals surface area contributed by atoms with Crippen LogP contribution in [0.15, 0.2) is 35.2 Å². The van der Waals surface area contributed by atoms with Crippen LogP contribution < -0.4 is 0 Å². The largest absolute Gasteiger partial charge is 0.243 e. The monoisotopic (exact) mass is 251 g/mol. The summed E-state index contributed by atoms with van der Waals surface area (Å²) < 4.78 is 26.3. The zero-order chi connectivity index (χ0) is 11.9. The molecule has 1 aliphatic carbocycles. The van der Waals surface area contributed by atoms with E-state index >= 15 is 0 Å². The molecule has 1 saturated carbocycles. The maximum atomic E-state index is 12.3. The van der Waals surface area contributed by atoms with E-state index in [1.807, 2.05) is 6.07 Å². The van der Waals surface area contributed by atoms with E-state index in [2.05, 4.69) is 0 Å². The fraction of sp³-hybridized carbons (Fsp3) is 0.538. The third-order valence-electron chi connectivity index (χ3n) is 4.12. The van der Waals surface area contributed by atoms with Crippen LogP contribution in [0.2, 0.25) is 0 Å². The van der Waals surface area contributed by atoms with E-state index in [0.717, 1.165) is 12.8 Å². The molecule has 0 atom stereocenters. The first kappa shape index (κ1) is 11.2. The van der Waals surface area contributed by atoms with E-state index in [9.17, 15) is 8.42 Å². The minimum absolute atomic E-state index is 0.423. The van der Waals surface area contributed by atoms with Crippen molar-refractivity contribution in [2.24, 2.45) is 5.41 Å². The lowest BCUT2D eigenvalue weighted by Gasteiger charge is -2.31. The van der Waals surface area contributed by atoms with Gasteiger partial charge in [0, 0.05) is 13.1 Å². The molecule has 1 spiro atoms. The lowest BCUT2D eigenvalue weighted by atomic mass is 9.95. The van der Waals surface area contributed by atoms with Gasteiger partial charge < -0.3 is 0 Å². The molecule has 1 aromatic rings. The highest BCUT2D eigenvalue weighted by molar-refractivity contribution is 7.89. The van der Waals surface area contributed by atoms with Crippen LogP contribution in [-0.2, 0) is 10.0 Å². The zero-order valence-electron chi connectivity index (χ0n) is 9.80. The minimum Gasteiger partial charge on any atom is -0.207 e. The molecular weight excluding hydrogens is 234 g/mol. The van der Waals surface area contributed by atoms with Gasteiger partial charge in [-0.25, -0.2) is 8.42 Å². The standard InChI is InChI=1S/C13H17NO2S/c15-17(16,12-4-2-1-3-5-12)14-10-8-13(6-7-13)9-11-14/h1-5H,6-11H2. The predicted molar refractivity (Wildman–Crippen MR) is 66.1 cm³/mol. The third kappa shape index (κ3) is 2.00. The average molecular weight is 251 g/mol. The maximum Gasteiger partial charge on any atom is 0.243 e. The Kier molecular flexibility index (Phi) is 2.52. The van der Waals surface area contributed by atoms with E-state index in [-0.39, 0.29) is 0 Å². The Morgan fingerprint density at radius 1 is 0.941 bits per heavy atom. The van der Waals surface area contributed by atoms with Crippen LogP contribution in [0.4, 0.5) is 0 Å². The van der Waals surface area contributed by atoms with E-state index in [1.165, 1.54) is 12.8 Å². The Labute approximate surface area is 102 Å². The highest BCUT2D eigenvalue weighted by Crippen LogP contribution is 2.53. The first-order chi connectivity index (χ1) is 8.12. The number of sulfonamides is 1. The molecule has 0 N–H and O–H groups in total. The molecule has 92 valence electrons. The Hall–Kier alpha value is -0.870. The molecule has 0 unspecified atom stereocenters. The van der Waals surface area contributed by atoms with Crippen LogP contribution >= 0.6 is 0 Å². The van der Waals surface area contributed by atoms with Gasteiger partial charge in [-0.1, -0.05) is 18.2 Å². The topological polar surface area (TPSA) is 37.4 Å². The van der Waals surface area contributed by atoms with Gasteiger partial charge in [0.05, 0.1) is 4.90 Å². The lowest BCUT2D eigenvalue weighted by Crippen LogP contribution is -2.38. The number of hydrogen-bond donors (Lipinski definition) is 0. The number of piperidine rings is 1. The maximum absolute atomic E-state index is 12.3. The molecule has 1 heterocycles. The molecule has 0 aromatic heterocycles. The molecule has 1 saturated heterocycles. The van der Waals surface area contributed by atoms with Crippen molar-refractivity contribution in [3.05, 3.63) is 30.3 Å². The molecule has 2 aliphatic rings. The number of hydrogen-bond acceptors (Lipinski definition) is 2. The molecule has 0 radical (unpaired) electrons. The zero-order valence-corrected chi connectivity index (χ0v) is 10.6. The highest BCUT2D eigenvalue weighted by Gasteiger charge is 2.46. The SMILES string of the molecule is O=S(=O)(c1ccccc1)N1CCC2(CC1)CC2. The summed E-state index contributed by atoms with van der Waals surface area (Å²) >= 11 is 0. The summed E-state index contributed by atoms with van der Waals surface area (Å²) in [7, 11) is -3.25. The highest BCUT2D eigenvalue weighted by atomic mass is 32.2. The minimum atomic E-state index is -3.25. The summed E-state index contributed by atoms with van der Waals surface area (Å²) in [4.78, 5) is 0.423. The van der Waals surface area contributed by atoms with E-state index in [1.54, 1.807) is 28.6 Å². The van der Waals surface area contributed by atoms with Crippen molar-refractivity contribution < 1.29 is 8.42 Å². The van der Waals surface area contributed by atoms with Gasteiger partial charge in [-0.3, -0.25) is 0 Å². The van der Waals surface area contributed by atoms with Crippen molar-refractivity contribution in [2.45, 2.75) is 30.6 Å². The summed E-state index contributed by atoms with van der Waals surface area (Å²) in [6.07, 6.45) is 4.68. The van der Waals surface area contributed by atoms with Gasteiger partial charge >= 0.3 is 0 Å². The molecule has 1 aromatic carbocycles. The summed E-state index contributed by atoms with van der Waals surface area (Å²) in [5.41, 5.74) is 0.517. The predicted octanol–water partition coefficient (Wildman–Crippen LogP) is 2.25. The quantitative estimate of drug-likeness (QED) is 0.808. The molecule has 0 bridgehead atoms. The molecule has 0 amide bonds. The Bertz CT molecular complexity index is 495. The number of rotatable bonds is 2. The first-order valence-corrected chi connectivity index (χ1v) is 7.62. The van der Waals surface area contributed by atoms with Gasteiger partial charge in [0.2, 0.25) is 10.0 Å². The second-order valence-corrected chi connectivity index (χ2v) is 7.16. The molecular formula is C13H17NO2S. The summed E-state index contributed by atoms with van der Waals surface area (Å²) in [5, 5.41) is 0. The van der Waals surface area contributed by atoms with E-state index in [0.29, 0.717) is 23.4 Å². The van der Waals surface area contributed by atoms with Gasteiger partial charge in [-0.15, -0.1) is 0 Å². The van der Waals surface area contributed by atoms with Crippen LogP contribution in [0.3, 0.4) is 0 Å². The van der Waals surface area contributed by atoms with Crippen LogP contribution in [0.1, 0.15) is 25.7 Å². The number of nitrogens with zero attached hydrogens (tertiary/aromatic N) is 1. The van der Waals surface area contributed by atoms with Crippen LogP contribution in [0, 0.1) is 5.41 Å². The fourth-order valence-corrected chi connectivity index (χ4v) is 4.08. The van der Waals surface area contributed by atoms with Gasteiger partial charge in [0.25, 0.3) is 0 Å². The summed E-state index contributed by atoms with van der Waals surface area (Å²) in [6, 6.07) is 8.75. The van der Waals surface area contributed by atoms with Crippen molar-refractivity contribution >= 4 is 10.0 Å². The van der Waals surface area contributed by atoms with Crippen molar-refractivity contribution in [3.63, 3.8) is 0 Å². The van der Waals surface area contributed by atoms with E-state index < -0.39 is 10.0 Å². The van der Waals surface area contributed by atoms with Gasteiger partial charge in [0.1, 0.15) is 0 Å². The molecule has 3 nitrogen and oxygen atoms in total. The number of benzene rings is 1. The average Bonchev–Trinajstić information content (AvgIpc) is 3.10. The van der Waals surface area contributed by atoms with Crippen molar-refractivity contribution in [3.8, 4) is 0 Å². The fourth-order valence-electron chi connectivity index (χ4n) is 2.62. The van der Waals surface area contributed by atoms with Crippen LogP contribution in [-0.4, -0.2) is 25.8 Å². The van der Waals surface area contributed by atoms with Gasteiger partial charge in [-0.05, 0) is 43.2 Å². The molecule has 1 aliphatic heterocycles. The lowest BCUT2D eigenvalue weighted by molar-refractivity contribution is 0.258. The van der Waals surface area contributed by atoms with Crippen LogP contribution in [0.5, 0.6) is 0 Å². The van der Waals surface area contributed by atoms with Crippen LogP contribution in [0.25, 0.3) is 0 Å². The Balaban J connectivity index is 1.80. The van der Waals surface area contributed by atoms with E-state index in [4.69, 9.17) is 0 Å². The molecule has 3 rings (SSSR count). The Morgan fingerprint density at radius 3 is 2.06 bits per heavy atom.